The van der Waals surface area contributed by atoms with Crippen molar-refractivity contribution in [3.8, 4) is 28.4 Å². The molecule has 11 nitrogen and oxygen atoms in total. The largest absolute Gasteiger partial charge is 0.492 e. The lowest BCUT2D eigenvalue weighted by molar-refractivity contribution is 0.0699. The summed E-state index contributed by atoms with van der Waals surface area (Å²) in [5.41, 5.74) is 5.93. The lowest BCUT2D eigenvalue weighted by Gasteiger charge is -2.37. The van der Waals surface area contributed by atoms with Crippen LogP contribution < -0.4 is 24.4 Å². The van der Waals surface area contributed by atoms with Gasteiger partial charge in [0, 0.05) is 87.1 Å². The highest BCUT2D eigenvalue weighted by molar-refractivity contribution is 7.90. The fraction of sp³-hybridized carbons (Fsp3) is 0.340. The van der Waals surface area contributed by atoms with Gasteiger partial charge in [0.05, 0.1) is 10.5 Å². The molecule has 2 aliphatic heterocycles. The van der Waals surface area contributed by atoms with Gasteiger partial charge < -0.3 is 29.3 Å². The van der Waals surface area contributed by atoms with Gasteiger partial charge in [-0.1, -0.05) is 54.1 Å². The van der Waals surface area contributed by atoms with Gasteiger partial charge in [-0.05, 0) is 117 Å². The zero-order valence-corrected chi connectivity index (χ0v) is 36.1. The van der Waals surface area contributed by atoms with Crippen LogP contribution in [0.1, 0.15) is 34.3 Å². The third kappa shape index (κ3) is 11.2. The Kier molecular flexibility index (Phi) is 14.3. The molecule has 316 valence electrons. The molecule has 13 heteroatoms. The fourth-order valence-electron chi connectivity index (χ4n) is 7.53. The van der Waals surface area contributed by atoms with Crippen molar-refractivity contribution in [3.05, 3.63) is 131 Å². The first-order valence-corrected chi connectivity index (χ1v) is 22.4. The van der Waals surface area contributed by atoms with E-state index < -0.39 is 15.9 Å². The summed E-state index contributed by atoms with van der Waals surface area (Å²) in [6.45, 7) is 9.27. The maximum absolute atomic E-state index is 13.8. The molecule has 0 unspecified atom stereocenters. The number of hydrogen-bond donors (Lipinski definition) is 2. The fourth-order valence-corrected chi connectivity index (χ4v) is 8.70. The number of benzene rings is 5. The van der Waals surface area contributed by atoms with Gasteiger partial charge in [0.1, 0.15) is 23.9 Å². The molecule has 5 aromatic rings. The van der Waals surface area contributed by atoms with Crippen LogP contribution in [0.2, 0.25) is 5.02 Å². The Morgan fingerprint density at radius 3 is 2.33 bits per heavy atom. The summed E-state index contributed by atoms with van der Waals surface area (Å²) in [5, 5.41) is 4.15. The molecule has 5 aromatic carbocycles. The van der Waals surface area contributed by atoms with Gasteiger partial charge in [0.2, 0.25) is 0 Å². The second-order valence-corrected chi connectivity index (χ2v) is 17.8. The van der Waals surface area contributed by atoms with E-state index in [-0.39, 0.29) is 16.2 Å². The van der Waals surface area contributed by atoms with Crippen molar-refractivity contribution in [2.75, 3.05) is 83.4 Å². The minimum absolute atomic E-state index is 0.00743. The Labute approximate surface area is 359 Å². The Balaban J connectivity index is 1.05. The second-order valence-electron chi connectivity index (χ2n) is 15.6. The molecule has 0 aliphatic carbocycles. The molecule has 2 saturated heterocycles. The highest BCUT2D eigenvalue weighted by atomic mass is 35.5. The number of hydrogen-bond acceptors (Lipinski definition) is 10. The summed E-state index contributed by atoms with van der Waals surface area (Å²) >= 11 is 6.25. The SMILES string of the molecule is Cc1cc(S(=O)(=O)NC(=O)c2ccc(N3CCN(Cc4c(OCCN(C)C)cccc4-c4ccc(Cl)cc4)CC3)cc2Oc2ccccc2)ccc1NCC1CCOCC1. The van der Waals surface area contributed by atoms with Gasteiger partial charge in [-0.3, -0.25) is 9.69 Å². The Morgan fingerprint density at radius 1 is 0.867 bits per heavy atom. The molecule has 2 heterocycles. The number of anilines is 2. The molecule has 0 aromatic heterocycles. The first-order chi connectivity index (χ1) is 29.0. The first-order valence-electron chi connectivity index (χ1n) is 20.5. The molecular formula is C47H54ClN5O6S. The number of likely N-dealkylation sites (N-methyl/N-ethyl adjacent to an activating group) is 1. The topological polar surface area (TPSA) is 113 Å². The molecule has 0 atom stereocenters. The zero-order valence-electron chi connectivity index (χ0n) is 34.5. The molecule has 1 amide bonds. The summed E-state index contributed by atoms with van der Waals surface area (Å²) in [7, 11) is -0.134. The van der Waals surface area contributed by atoms with Crippen molar-refractivity contribution in [1.29, 1.82) is 0 Å². The lowest BCUT2D eigenvalue weighted by Crippen LogP contribution is -2.46. The molecule has 0 spiro atoms. The van der Waals surface area contributed by atoms with Crippen LogP contribution in [-0.2, 0) is 21.3 Å². The molecule has 0 saturated carbocycles. The van der Waals surface area contributed by atoms with Crippen LogP contribution in [0.5, 0.6) is 17.2 Å². The number of ether oxygens (including phenoxy) is 3. The van der Waals surface area contributed by atoms with E-state index >= 15 is 0 Å². The van der Waals surface area contributed by atoms with Gasteiger partial charge in [0.15, 0.2) is 0 Å². The highest BCUT2D eigenvalue weighted by Gasteiger charge is 2.26. The van der Waals surface area contributed by atoms with E-state index in [1.165, 1.54) is 6.07 Å². The van der Waals surface area contributed by atoms with E-state index in [9.17, 15) is 13.2 Å². The molecule has 2 N–H and O–H groups in total. The summed E-state index contributed by atoms with van der Waals surface area (Å²) in [4.78, 5) is 20.6. The molecular weight excluding hydrogens is 798 g/mol. The van der Waals surface area contributed by atoms with Crippen molar-refractivity contribution >= 4 is 38.9 Å². The van der Waals surface area contributed by atoms with Crippen molar-refractivity contribution in [2.45, 2.75) is 31.2 Å². The normalized spacial score (nSPS) is 15.2. The maximum atomic E-state index is 13.8. The summed E-state index contributed by atoms with van der Waals surface area (Å²) in [5.74, 6) is 1.38. The average molecular weight is 852 g/mol. The Morgan fingerprint density at radius 2 is 1.62 bits per heavy atom. The van der Waals surface area contributed by atoms with E-state index in [0.29, 0.717) is 29.8 Å². The number of para-hydroxylation sites is 1. The number of halogens is 1. The van der Waals surface area contributed by atoms with E-state index in [0.717, 1.165) is 105 Å². The minimum atomic E-state index is -4.20. The highest BCUT2D eigenvalue weighted by Crippen LogP contribution is 2.35. The van der Waals surface area contributed by atoms with E-state index in [2.05, 4.69) is 30.8 Å². The van der Waals surface area contributed by atoms with Gasteiger partial charge >= 0.3 is 0 Å². The maximum Gasteiger partial charge on any atom is 0.268 e. The number of amides is 1. The summed E-state index contributed by atoms with van der Waals surface area (Å²) in [6, 6.07) is 33.5. The third-order valence-corrected chi connectivity index (χ3v) is 12.6. The lowest BCUT2D eigenvalue weighted by atomic mass is 9.98. The van der Waals surface area contributed by atoms with Crippen molar-refractivity contribution in [3.63, 3.8) is 0 Å². The Bertz CT molecular complexity index is 2330. The van der Waals surface area contributed by atoms with Crippen LogP contribution in [-0.4, -0.2) is 97.3 Å². The van der Waals surface area contributed by atoms with Crippen molar-refractivity contribution in [1.82, 2.24) is 14.5 Å². The van der Waals surface area contributed by atoms with Crippen LogP contribution in [0, 0.1) is 12.8 Å². The summed E-state index contributed by atoms with van der Waals surface area (Å²) in [6.07, 6.45) is 1.99. The first kappa shape index (κ1) is 43.0. The molecule has 7 rings (SSSR count). The number of aryl methyl sites for hydroxylation is 1. The number of sulfonamides is 1. The van der Waals surface area contributed by atoms with Gasteiger partial charge in [-0.25, -0.2) is 13.1 Å². The van der Waals surface area contributed by atoms with Gasteiger partial charge in [-0.15, -0.1) is 0 Å². The minimum Gasteiger partial charge on any atom is -0.492 e. The number of carbonyl (C=O) groups excluding carboxylic acids is 1. The molecule has 2 aliphatic rings. The standard InChI is InChI=1S/C47H54ClN5O6S/c1-34-30-40(17-19-44(34)49-32-35-20-27-57-28-21-35)60(55,56)50-47(54)42-18-16-38(31-46(42)59-39-8-5-4-6-9-39)53-24-22-52(23-25-53)33-43-41(36-12-14-37(48)15-13-36)10-7-11-45(43)58-29-26-51(2)3/h4-19,30-31,35,49H,20-29,32-33H2,1-3H3,(H,50,54). The number of nitrogens with zero attached hydrogens (tertiary/aromatic N) is 3. The van der Waals surface area contributed by atoms with Crippen molar-refractivity contribution in [2.24, 2.45) is 5.92 Å². The third-order valence-electron chi connectivity index (χ3n) is 11.0. The van der Waals surface area contributed by atoms with E-state index in [1.807, 2.05) is 87.7 Å². The molecule has 0 bridgehead atoms. The quantitative estimate of drug-likeness (QED) is 0.101. The van der Waals surface area contributed by atoms with Gasteiger partial charge in [0.25, 0.3) is 15.9 Å². The van der Waals surface area contributed by atoms with E-state index in [4.69, 9.17) is 25.8 Å². The van der Waals surface area contributed by atoms with E-state index in [1.54, 1.807) is 30.3 Å². The number of carbonyl (C=O) groups is 1. The monoisotopic (exact) mass is 851 g/mol. The van der Waals surface area contributed by atoms with Crippen molar-refractivity contribution < 1.29 is 27.4 Å². The number of rotatable bonds is 16. The predicted octanol–water partition coefficient (Wildman–Crippen LogP) is 8.33. The molecule has 60 heavy (non-hydrogen) atoms. The van der Waals surface area contributed by atoms with Gasteiger partial charge in [-0.2, -0.15) is 0 Å². The summed E-state index contributed by atoms with van der Waals surface area (Å²) < 4.78 is 47.6. The smallest absolute Gasteiger partial charge is 0.268 e. The van der Waals surface area contributed by atoms with Crippen LogP contribution >= 0.6 is 11.6 Å². The number of nitrogens with one attached hydrogen (secondary N) is 2. The predicted molar refractivity (Wildman–Crippen MR) is 239 cm³/mol. The molecule has 0 radical (unpaired) electrons. The van der Waals surface area contributed by atoms with Crippen LogP contribution in [0.25, 0.3) is 11.1 Å². The second kappa shape index (κ2) is 20.0. The molecule has 2 fully saturated rings. The van der Waals surface area contributed by atoms with Crippen LogP contribution in [0.4, 0.5) is 11.4 Å². The average Bonchev–Trinajstić information content (AvgIpc) is 3.25. The van der Waals surface area contributed by atoms with Crippen LogP contribution in [0.15, 0.2) is 114 Å². The Hall–Kier alpha value is -5.11. The number of piperazine rings is 1. The zero-order chi connectivity index (χ0) is 42.1. The van der Waals surface area contributed by atoms with Crippen LogP contribution in [0.3, 0.4) is 0 Å².